The first-order valence-corrected chi connectivity index (χ1v) is 13.6. The molecular formula is C35H32O3. The lowest BCUT2D eigenvalue weighted by atomic mass is 9.88. The van der Waals surface area contributed by atoms with Crippen LogP contribution in [0.3, 0.4) is 0 Å². The van der Waals surface area contributed by atoms with Crippen LogP contribution in [0.2, 0.25) is 0 Å². The molecule has 0 bridgehead atoms. The number of rotatable bonds is 6. The number of carbonyl (C=O) groups excluding carboxylic acids is 1. The topological polar surface area (TPSA) is 35.5 Å². The summed E-state index contributed by atoms with van der Waals surface area (Å²) >= 11 is 0. The summed E-state index contributed by atoms with van der Waals surface area (Å²) in [6, 6.07) is 38.1. The van der Waals surface area contributed by atoms with Gasteiger partial charge in [0.15, 0.2) is 0 Å². The first-order valence-electron chi connectivity index (χ1n) is 13.6. The lowest BCUT2D eigenvalue weighted by Gasteiger charge is -2.13. The van der Waals surface area contributed by atoms with Crippen molar-refractivity contribution >= 4 is 5.78 Å². The maximum absolute atomic E-state index is 15.0. The first-order chi connectivity index (χ1) is 18.6. The van der Waals surface area contributed by atoms with Gasteiger partial charge in [0, 0.05) is 34.5 Å². The molecule has 0 aromatic heterocycles. The minimum Gasteiger partial charge on any atom is -0.497 e. The maximum Gasteiger partial charge on any atom is 0.147 e. The number of methoxy groups -OCH3 is 2. The Morgan fingerprint density at radius 2 is 0.816 bits per heavy atom. The van der Waals surface area contributed by atoms with Crippen molar-refractivity contribution in [2.45, 2.75) is 36.5 Å². The maximum atomic E-state index is 15.0. The van der Waals surface area contributed by atoms with E-state index in [0.717, 1.165) is 24.3 Å². The molecule has 3 saturated carbocycles. The van der Waals surface area contributed by atoms with E-state index in [4.69, 9.17) is 9.47 Å². The van der Waals surface area contributed by atoms with Gasteiger partial charge >= 0.3 is 0 Å². The van der Waals surface area contributed by atoms with Gasteiger partial charge in [-0.05, 0) is 59.4 Å². The van der Waals surface area contributed by atoms with Gasteiger partial charge in [-0.15, -0.1) is 0 Å². The highest BCUT2D eigenvalue weighted by molar-refractivity contribution is 6.03. The summed E-state index contributed by atoms with van der Waals surface area (Å²) in [4.78, 5) is 15.0. The largest absolute Gasteiger partial charge is 0.497 e. The third kappa shape index (κ3) is 3.17. The van der Waals surface area contributed by atoms with Gasteiger partial charge < -0.3 is 9.47 Å². The van der Waals surface area contributed by atoms with Crippen molar-refractivity contribution in [2.24, 2.45) is 10.8 Å². The number of Topliss-reactive ketones (excluding diaryl/α,β-unsaturated/α-hetero) is 1. The summed E-state index contributed by atoms with van der Waals surface area (Å²) in [7, 11) is 3.39. The van der Waals surface area contributed by atoms with Crippen molar-refractivity contribution in [1.29, 1.82) is 0 Å². The standard InChI is InChI=1S/C35H32O3/c1-37-27-17-13-25(14-18-27)31-29(23-9-5-3-6-10-23)34(31)21-22-35(33(34)36)30(24-11-7-4-8-12-24)32(35)26-15-19-28(38-2)20-16-26/h3-20,29-32H,21-22H2,1-2H3. The van der Waals surface area contributed by atoms with E-state index in [1.54, 1.807) is 14.2 Å². The highest BCUT2D eigenvalue weighted by atomic mass is 16.5. The predicted octanol–water partition coefficient (Wildman–Crippen LogP) is 7.50. The molecule has 190 valence electrons. The molecular weight excluding hydrogens is 468 g/mol. The van der Waals surface area contributed by atoms with Crippen LogP contribution in [-0.2, 0) is 4.79 Å². The van der Waals surface area contributed by atoms with Crippen LogP contribution in [0.15, 0.2) is 109 Å². The van der Waals surface area contributed by atoms with Gasteiger partial charge in [-0.2, -0.15) is 0 Å². The first kappa shape index (κ1) is 23.3. The molecule has 3 aliphatic rings. The summed E-state index contributed by atoms with van der Waals surface area (Å²) in [6.45, 7) is 0. The van der Waals surface area contributed by atoms with E-state index in [2.05, 4.69) is 84.9 Å². The third-order valence-corrected chi connectivity index (χ3v) is 9.73. The molecule has 0 amide bonds. The van der Waals surface area contributed by atoms with Crippen LogP contribution in [0.4, 0.5) is 0 Å². The van der Waals surface area contributed by atoms with Gasteiger partial charge in [-0.3, -0.25) is 4.79 Å². The Morgan fingerprint density at radius 3 is 1.13 bits per heavy atom. The number of ketones is 1. The normalized spacial score (nSPS) is 30.9. The minimum atomic E-state index is -0.357. The molecule has 3 nitrogen and oxygen atoms in total. The molecule has 3 aliphatic carbocycles. The van der Waals surface area contributed by atoms with Gasteiger partial charge in [-0.25, -0.2) is 0 Å². The Hall–Kier alpha value is -3.85. The molecule has 7 rings (SSSR count). The van der Waals surface area contributed by atoms with E-state index in [1.165, 1.54) is 22.3 Å². The molecule has 4 aromatic carbocycles. The molecule has 4 aromatic rings. The van der Waals surface area contributed by atoms with Gasteiger partial charge in [0.25, 0.3) is 0 Å². The molecule has 3 fully saturated rings. The zero-order valence-electron chi connectivity index (χ0n) is 21.8. The molecule has 38 heavy (non-hydrogen) atoms. The molecule has 0 aliphatic heterocycles. The number of carbonyl (C=O) groups is 1. The molecule has 0 radical (unpaired) electrons. The predicted molar refractivity (Wildman–Crippen MR) is 149 cm³/mol. The minimum absolute atomic E-state index is 0.191. The summed E-state index contributed by atoms with van der Waals surface area (Å²) in [5.41, 5.74) is 4.31. The fourth-order valence-corrected chi connectivity index (χ4v) is 8.04. The van der Waals surface area contributed by atoms with Crippen molar-refractivity contribution in [2.75, 3.05) is 14.2 Å². The Morgan fingerprint density at radius 1 is 0.500 bits per heavy atom. The van der Waals surface area contributed by atoms with E-state index in [-0.39, 0.29) is 34.5 Å². The van der Waals surface area contributed by atoms with Gasteiger partial charge in [0.05, 0.1) is 14.2 Å². The third-order valence-electron chi connectivity index (χ3n) is 9.73. The summed E-state index contributed by atoms with van der Waals surface area (Å²) in [5.74, 6) is 2.96. The lowest BCUT2D eigenvalue weighted by molar-refractivity contribution is -0.126. The highest BCUT2D eigenvalue weighted by Gasteiger charge is 2.83. The molecule has 0 saturated heterocycles. The van der Waals surface area contributed by atoms with E-state index in [9.17, 15) is 0 Å². The quantitative estimate of drug-likeness (QED) is 0.275. The number of hydrogen-bond acceptors (Lipinski definition) is 3. The van der Waals surface area contributed by atoms with E-state index in [1.807, 2.05) is 24.3 Å². The van der Waals surface area contributed by atoms with Crippen molar-refractivity contribution in [3.8, 4) is 11.5 Å². The fraction of sp³-hybridized carbons (Fsp3) is 0.286. The molecule has 6 atom stereocenters. The molecule has 0 N–H and O–H groups in total. The van der Waals surface area contributed by atoms with Crippen molar-refractivity contribution in [1.82, 2.24) is 0 Å². The molecule has 2 spiro atoms. The molecule has 0 heterocycles. The molecule has 3 heteroatoms. The Balaban J connectivity index is 1.32. The Labute approximate surface area is 224 Å². The zero-order chi connectivity index (χ0) is 25.9. The van der Waals surface area contributed by atoms with E-state index < -0.39 is 0 Å². The number of hydrogen-bond donors (Lipinski definition) is 0. The van der Waals surface area contributed by atoms with Crippen LogP contribution in [-0.4, -0.2) is 20.0 Å². The van der Waals surface area contributed by atoms with Gasteiger partial charge in [0.2, 0.25) is 0 Å². The second-order valence-corrected chi connectivity index (χ2v) is 11.2. The van der Waals surface area contributed by atoms with Crippen molar-refractivity contribution in [3.05, 3.63) is 131 Å². The summed E-state index contributed by atoms with van der Waals surface area (Å²) in [5, 5.41) is 0. The SMILES string of the molecule is COc1ccc(C2C(c3ccccc3)C23CCC2(C3=O)C(c3ccccc3)C2c2ccc(OC)cc2)cc1. The fourth-order valence-electron chi connectivity index (χ4n) is 8.04. The Kier molecular flexibility index (Phi) is 5.26. The van der Waals surface area contributed by atoms with Crippen LogP contribution >= 0.6 is 0 Å². The lowest BCUT2D eigenvalue weighted by Crippen LogP contribution is -2.21. The smallest absolute Gasteiger partial charge is 0.147 e. The number of ether oxygens (including phenoxy) is 2. The van der Waals surface area contributed by atoms with Crippen LogP contribution in [0.5, 0.6) is 11.5 Å². The highest BCUT2D eigenvalue weighted by Crippen LogP contribution is 2.86. The Bertz CT molecular complexity index is 1350. The van der Waals surface area contributed by atoms with Crippen LogP contribution < -0.4 is 9.47 Å². The summed E-state index contributed by atoms with van der Waals surface area (Å²) < 4.78 is 10.9. The monoisotopic (exact) mass is 500 g/mol. The van der Waals surface area contributed by atoms with Crippen LogP contribution in [0, 0.1) is 10.8 Å². The number of benzene rings is 4. The van der Waals surface area contributed by atoms with Gasteiger partial charge in [-0.1, -0.05) is 84.9 Å². The average molecular weight is 501 g/mol. The summed E-state index contributed by atoms with van der Waals surface area (Å²) in [6.07, 6.45) is 1.86. The second kappa shape index (κ2) is 8.59. The average Bonchev–Trinajstić information content (AvgIpc) is 3.84. The van der Waals surface area contributed by atoms with Crippen molar-refractivity contribution in [3.63, 3.8) is 0 Å². The van der Waals surface area contributed by atoms with Crippen LogP contribution in [0.25, 0.3) is 0 Å². The second-order valence-electron chi connectivity index (χ2n) is 11.2. The van der Waals surface area contributed by atoms with Crippen molar-refractivity contribution < 1.29 is 14.3 Å². The van der Waals surface area contributed by atoms with Gasteiger partial charge in [0.1, 0.15) is 17.3 Å². The van der Waals surface area contributed by atoms with Crippen LogP contribution in [0.1, 0.15) is 58.8 Å². The molecule has 6 unspecified atom stereocenters. The zero-order valence-corrected chi connectivity index (χ0v) is 21.8. The van der Waals surface area contributed by atoms with E-state index in [0.29, 0.717) is 5.78 Å². The van der Waals surface area contributed by atoms with E-state index >= 15 is 4.79 Å².